The Morgan fingerprint density at radius 2 is 1.70 bits per heavy atom. The highest BCUT2D eigenvalue weighted by Crippen LogP contribution is 2.18. The maximum Gasteiger partial charge on any atom is 0.272 e. The molecule has 0 bridgehead atoms. The summed E-state index contributed by atoms with van der Waals surface area (Å²) in [5, 5.41) is 0. The molecule has 0 spiro atoms. The topological polar surface area (TPSA) is 71.3 Å². The van der Waals surface area contributed by atoms with E-state index in [1.807, 2.05) is 59.5 Å². The van der Waals surface area contributed by atoms with E-state index >= 15 is 0 Å². The van der Waals surface area contributed by atoms with Crippen LogP contribution in [-0.2, 0) is 6.54 Å². The van der Waals surface area contributed by atoms with Crippen molar-refractivity contribution >= 4 is 22.8 Å². The van der Waals surface area contributed by atoms with Crippen molar-refractivity contribution in [3.63, 3.8) is 0 Å². The second-order valence-corrected chi connectivity index (χ2v) is 8.24. The maximum absolute atomic E-state index is 13.2. The summed E-state index contributed by atoms with van der Waals surface area (Å²) in [6.07, 6.45) is 1.79. The molecule has 166 valence electrons. The Bertz CT molecular complexity index is 1340. The van der Waals surface area contributed by atoms with Gasteiger partial charge in [-0.15, -0.1) is 0 Å². The molecule has 0 unspecified atom stereocenters. The van der Waals surface area contributed by atoms with Crippen molar-refractivity contribution in [2.24, 2.45) is 0 Å². The van der Waals surface area contributed by atoms with Gasteiger partial charge in [0, 0.05) is 37.9 Å². The van der Waals surface area contributed by atoms with Crippen molar-refractivity contribution in [2.45, 2.75) is 13.5 Å². The number of amides is 1. The molecule has 1 amide bonds. The van der Waals surface area contributed by atoms with E-state index in [0.29, 0.717) is 36.4 Å². The van der Waals surface area contributed by atoms with Crippen LogP contribution in [0.1, 0.15) is 21.6 Å². The average Bonchev–Trinajstić information content (AvgIpc) is 2.87. The number of piperazine rings is 1. The predicted molar refractivity (Wildman–Crippen MR) is 129 cm³/mol. The number of hydrogen-bond acceptors (Lipinski definition) is 5. The van der Waals surface area contributed by atoms with Gasteiger partial charge in [0.05, 0.1) is 17.6 Å². The number of hydrogen-bond donors (Lipinski definition) is 0. The molecule has 1 aliphatic rings. The summed E-state index contributed by atoms with van der Waals surface area (Å²) in [5.74, 6) is 0.921. The van der Waals surface area contributed by atoms with Gasteiger partial charge in [-0.05, 0) is 42.8 Å². The van der Waals surface area contributed by atoms with Gasteiger partial charge in [-0.25, -0.2) is 9.97 Å². The molecule has 3 heterocycles. The lowest BCUT2D eigenvalue weighted by atomic mass is 10.1. The van der Waals surface area contributed by atoms with Gasteiger partial charge in [0.15, 0.2) is 0 Å². The van der Waals surface area contributed by atoms with Gasteiger partial charge in [-0.3, -0.25) is 9.59 Å². The number of anilines is 1. The van der Waals surface area contributed by atoms with Crippen LogP contribution < -0.4 is 10.5 Å². The van der Waals surface area contributed by atoms with Gasteiger partial charge in [-0.2, -0.15) is 0 Å². The number of carbonyl (C=O) groups excluding carboxylic acids is 1. The van der Waals surface area contributed by atoms with Crippen molar-refractivity contribution in [3.05, 3.63) is 100 Å². The summed E-state index contributed by atoms with van der Waals surface area (Å²) in [6, 6.07) is 21.2. The van der Waals surface area contributed by atoms with Crippen molar-refractivity contribution < 1.29 is 4.79 Å². The van der Waals surface area contributed by atoms with Crippen LogP contribution in [0.2, 0.25) is 0 Å². The third kappa shape index (κ3) is 4.22. The monoisotopic (exact) mass is 439 g/mol. The number of benzene rings is 2. The molecule has 1 fully saturated rings. The summed E-state index contributed by atoms with van der Waals surface area (Å²) in [4.78, 5) is 39.0. The minimum atomic E-state index is -0.115. The van der Waals surface area contributed by atoms with E-state index in [1.165, 1.54) is 0 Å². The van der Waals surface area contributed by atoms with Gasteiger partial charge in [0.1, 0.15) is 11.5 Å². The molecule has 1 aliphatic heterocycles. The van der Waals surface area contributed by atoms with E-state index in [0.717, 1.165) is 30.0 Å². The standard InChI is InChI=1S/C26H25N5O2/c1-19-25(32)31(18-20-7-3-2-4-8-20)23-11-10-21(17-22(23)28-19)26(33)30-15-13-29(14-16-30)24-9-5-6-12-27-24/h2-12,17H,13-16,18H2,1H3. The Morgan fingerprint density at radius 3 is 2.42 bits per heavy atom. The quantitative estimate of drug-likeness (QED) is 0.489. The minimum Gasteiger partial charge on any atom is -0.353 e. The third-order valence-electron chi connectivity index (χ3n) is 6.08. The van der Waals surface area contributed by atoms with E-state index in [-0.39, 0.29) is 11.5 Å². The second-order valence-electron chi connectivity index (χ2n) is 8.24. The lowest BCUT2D eigenvalue weighted by molar-refractivity contribution is 0.0746. The number of carbonyl (C=O) groups is 1. The van der Waals surface area contributed by atoms with E-state index < -0.39 is 0 Å². The van der Waals surface area contributed by atoms with Gasteiger partial charge in [-0.1, -0.05) is 36.4 Å². The molecule has 7 heteroatoms. The fraction of sp³-hybridized carbons (Fsp3) is 0.231. The Labute approximate surface area is 191 Å². The van der Waals surface area contributed by atoms with Crippen LogP contribution in [0.4, 0.5) is 5.82 Å². The predicted octanol–water partition coefficient (Wildman–Crippen LogP) is 3.11. The van der Waals surface area contributed by atoms with E-state index in [1.54, 1.807) is 29.8 Å². The van der Waals surface area contributed by atoms with Gasteiger partial charge < -0.3 is 14.4 Å². The molecule has 0 aliphatic carbocycles. The largest absolute Gasteiger partial charge is 0.353 e. The first-order valence-corrected chi connectivity index (χ1v) is 11.1. The molecule has 0 saturated carbocycles. The fourth-order valence-electron chi connectivity index (χ4n) is 4.29. The molecule has 0 radical (unpaired) electrons. The van der Waals surface area contributed by atoms with Crippen molar-refractivity contribution in [1.29, 1.82) is 0 Å². The fourth-order valence-corrected chi connectivity index (χ4v) is 4.29. The number of fused-ring (bicyclic) bond motifs is 1. The molecule has 4 aromatic rings. The second kappa shape index (κ2) is 8.86. The molecule has 7 nitrogen and oxygen atoms in total. The third-order valence-corrected chi connectivity index (χ3v) is 6.08. The van der Waals surface area contributed by atoms with Crippen LogP contribution in [0.5, 0.6) is 0 Å². The first-order valence-electron chi connectivity index (χ1n) is 11.1. The molecule has 2 aromatic carbocycles. The number of aromatic nitrogens is 3. The maximum atomic E-state index is 13.2. The zero-order valence-corrected chi connectivity index (χ0v) is 18.5. The summed E-state index contributed by atoms with van der Waals surface area (Å²) in [6.45, 7) is 4.92. The summed E-state index contributed by atoms with van der Waals surface area (Å²) in [5.41, 5.74) is 3.32. The van der Waals surface area contributed by atoms with Crippen LogP contribution in [-0.4, -0.2) is 51.5 Å². The highest BCUT2D eigenvalue weighted by molar-refractivity contribution is 5.97. The minimum absolute atomic E-state index is 0.0159. The summed E-state index contributed by atoms with van der Waals surface area (Å²) < 4.78 is 1.73. The zero-order chi connectivity index (χ0) is 22.8. The number of nitrogens with zero attached hydrogens (tertiary/aromatic N) is 5. The Hall–Kier alpha value is -4.00. The number of rotatable bonds is 4. The molecular formula is C26H25N5O2. The zero-order valence-electron chi connectivity index (χ0n) is 18.5. The normalized spacial score (nSPS) is 14.0. The first-order chi connectivity index (χ1) is 16.1. The molecule has 33 heavy (non-hydrogen) atoms. The summed E-state index contributed by atoms with van der Waals surface area (Å²) in [7, 11) is 0. The molecule has 5 rings (SSSR count). The van der Waals surface area contributed by atoms with Gasteiger partial charge >= 0.3 is 0 Å². The lowest BCUT2D eigenvalue weighted by Gasteiger charge is -2.35. The van der Waals surface area contributed by atoms with Crippen LogP contribution in [0.15, 0.2) is 77.7 Å². The van der Waals surface area contributed by atoms with E-state index in [9.17, 15) is 9.59 Å². The number of aryl methyl sites for hydroxylation is 1. The Morgan fingerprint density at radius 1 is 0.939 bits per heavy atom. The first kappa shape index (κ1) is 20.9. The van der Waals surface area contributed by atoms with Crippen molar-refractivity contribution in [3.8, 4) is 0 Å². The van der Waals surface area contributed by atoms with Crippen LogP contribution >= 0.6 is 0 Å². The molecule has 0 N–H and O–H groups in total. The Kier molecular flexibility index (Phi) is 5.60. The van der Waals surface area contributed by atoms with Crippen molar-refractivity contribution in [1.82, 2.24) is 19.4 Å². The highest BCUT2D eigenvalue weighted by Gasteiger charge is 2.23. The van der Waals surface area contributed by atoms with Gasteiger partial charge in [0.25, 0.3) is 11.5 Å². The van der Waals surface area contributed by atoms with E-state index in [2.05, 4.69) is 14.9 Å². The highest BCUT2D eigenvalue weighted by atomic mass is 16.2. The van der Waals surface area contributed by atoms with Gasteiger partial charge in [0.2, 0.25) is 0 Å². The smallest absolute Gasteiger partial charge is 0.272 e. The Balaban J connectivity index is 1.39. The van der Waals surface area contributed by atoms with Crippen LogP contribution in [0.3, 0.4) is 0 Å². The molecule has 1 saturated heterocycles. The summed E-state index contributed by atoms with van der Waals surface area (Å²) >= 11 is 0. The van der Waals surface area contributed by atoms with Crippen LogP contribution in [0, 0.1) is 6.92 Å². The molecule has 2 aromatic heterocycles. The lowest BCUT2D eigenvalue weighted by Crippen LogP contribution is -2.49. The molecular weight excluding hydrogens is 414 g/mol. The SMILES string of the molecule is Cc1nc2cc(C(=O)N3CCN(c4ccccn4)CC3)ccc2n(Cc2ccccc2)c1=O. The average molecular weight is 440 g/mol. The number of pyridine rings is 1. The van der Waals surface area contributed by atoms with E-state index in [4.69, 9.17) is 0 Å². The molecule has 0 atom stereocenters. The van der Waals surface area contributed by atoms with Crippen LogP contribution in [0.25, 0.3) is 11.0 Å². The van der Waals surface area contributed by atoms with Crippen molar-refractivity contribution in [2.75, 3.05) is 31.1 Å².